The fourth-order valence-corrected chi connectivity index (χ4v) is 5.58. The fraction of sp³-hybridized carbons (Fsp3) is 0.556. The smallest absolute Gasteiger partial charge is 0.340 e. The summed E-state index contributed by atoms with van der Waals surface area (Å²) in [5.41, 5.74) is 0.820. The first-order valence-corrected chi connectivity index (χ1v) is 15.8. The molecule has 5 heteroatoms. The van der Waals surface area contributed by atoms with Crippen LogP contribution >= 0.6 is 0 Å². The number of carbonyl (C=O) groups is 2. The lowest BCUT2D eigenvalue weighted by Crippen LogP contribution is -2.24. The third-order valence-electron chi connectivity index (χ3n) is 8.03. The minimum absolute atomic E-state index is 0.102. The quantitative estimate of drug-likeness (QED) is 0.0779. The third-order valence-corrected chi connectivity index (χ3v) is 8.03. The molecule has 0 amide bonds. The van der Waals surface area contributed by atoms with Gasteiger partial charge in [-0.25, -0.2) is 4.79 Å². The first-order valence-electron chi connectivity index (χ1n) is 15.8. The number of fused-ring (bicyclic) bond motifs is 2. The Bertz CT molecular complexity index is 1200. The monoisotopic (exact) mass is 562 g/mol. The number of hydrogen-bond acceptors (Lipinski definition) is 5. The Morgan fingerprint density at radius 3 is 1.83 bits per heavy atom. The second-order valence-electron chi connectivity index (χ2n) is 11.3. The molecule has 3 aromatic carbocycles. The van der Waals surface area contributed by atoms with Gasteiger partial charge in [-0.2, -0.15) is 0 Å². The van der Waals surface area contributed by atoms with Gasteiger partial charge in [0.1, 0.15) is 6.10 Å². The van der Waals surface area contributed by atoms with Gasteiger partial charge < -0.3 is 14.2 Å². The maximum absolute atomic E-state index is 13.4. The summed E-state index contributed by atoms with van der Waals surface area (Å²) < 4.78 is 16.6. The maximum atomic E-state index is 13.4. The number of rotatable bonds is 20. The summed E-state index contributed by atoms with van der Waals surface area (Å²) in [6.45, 7) is 2.24. The van der Waals surface area contributed by atoms with E-state index in [2.05, 4.69) is 43.3 Å². The average molecular weight is 563 g/mol. The Kier molecular flexibility index (Phi) is 14.7. The van der Waals surface area contributed by atoms with Gasteiger partial charge in [0.25, 0.3) is 0 Å². The van der Waals surface area contributed by atoms with Crippen LogP contribution in [0.5, 0.6) is 0 Å². The van der Waals surface area contributed by atoms with Crippen LogP contribution in [0.4, 0.5) is 0 Å². The van der Waals surface area contributed by atoms with E-state index >= 15 is 0 Å². The molecule has 0 N–H and O–H groups in total. The van der Waals surface area contributed by atoms with Crippen LogP contribution in [0.1, 0.15) is 115 Å². The first kappa shape index (κ1) is 32.6. The highest BCUT2D eigenvalue weighted by Gasteiger charge is 2.25. The normalized spacial score (nSPS) is 12.9. The van der Waals surface area contributed by atoms with E-state index in [-0.39, 0.29) is 18.0 Å². The molecule has 5 nitrogen and oxygen atoms in total. The summed E-state index contributed by atoms with van der Waals surface area (Å²) in [5.74, 6) is -0.446. The van der Waals surface area contributed by atoms with Crippen LogP contribution in [0.15, 0.2) is 54.6 Å². The second kappa shape index (κ2) is 18.5. The van der Waals surface area contributed by atoms with Crippen LogP contribution in [0.2, 0.25) is 0 Å². The van der Waals surface area contributed by atoms with Crippen molar-refractivity contribution in [3.8, 4) is 0 Å². The molecule has 3 aromatic rings. The zero-order valence-electron chi connectivity index (χ0n) is 25.5. The second-order valence-corrected chi connectivity index (χ2v) is 11.3. The van der Waals surface area contributed by atoms with Crippen molar-refractivity contribution in [2.45, 2.75) is 115 Å². The van der Waals surface area contributed by atoms with Gasteiger partial charge in [-0.3, -0.25) is 4.79 Å². The van der Waals surface area contributed by atoms with Gasteiger partial charge in [0.05, 0.1) is 7.11 Å². The molecule has 0 saturated carbocycles. The van der Waals surface area contributed by atoms with E-state index in [1.54, 1.807) is 7.11 Å². The summed E-state index contributed by atoms with van der Waals surface area (Å²) in [4.78, 5) is 24.7. The van der Waals surface area contributed by atoms with Crippen LogP contribution in [-0.4, -0.2) is 32.3 Å². The Labute approximate surface area is 246 Å². The minimum atomic E-state index is -0.749. The fourth-order valence-electron chi connectivity index (χ4n) is 5.58. The number of carbonyl (C=O) groups excluding carboxylic acids is 2. The molecule has 0 heterocycles. The van der Waals surface area contributed by atoms with Crippen LogP contribution in [0, 0.1) is 0 Å². The summed E-state index contributed by atoms with van der Waals surface area (Å²) in [5, 5.41) is 4.60. The molecular formula is C36H50O5. The van der Waals surface area contributed by atoms with Gasteiger partial charge in [0, 0.05) is 13.5 Å². The van der Waals surface area contributed by atoms with E-state index in [9.17, 15) is 9.59 Å². The van der Waals surface area contributed by atoms with Gasteiger partial charge in [-0.05, 0) is 77.4 Å². The van der Waals surface area contributed by atoms with Crippen molar-refractivity contribution in [1.29, 1.82) is 0 Å². The van der Waals surface area contributed by atoms with Crippen molar-refractivity contribution in [2.75, 3.05) is 14.2 Å². The predicted octanol–water partition coefficient (Wildman–Crippen LogP) is 9.64. The molecule has 0 aliphatic rings. The molecule has 0 saturated heterocycles. The van der Waals surface area contributed by atoms with Crippen molar-refractivity contribution in [3.05, 3.63) is 60.2 Å². The highest BCUT2D eigenvalue weighted by molar-refractivity contribution is 5.98. The first-order chi connectivity index (χ1) is 20.0. The van der Waals surface area contributed by atoms with Crippen molar-refractivity contribution < 1.29 is 23.8 Å². The van der Waals surface area contributed by atoms with Crippen LogP contribution < -0.4 is 0 Å². The lowest BCUT2D eigenvalue weighted by molar-refractivity contribution is -0.162. The molecule has 0 spiro atoms. The average Bonchev–Trinajstić information content (AvgIpc) is 2.99. The molecule has 2 atom stereocenters. The molecule has 224 valence electrons. The molecule has 0 aliphatic heterocycles. The van der Waals surface area contributed by atoms with Crippen LogP contribution in [0.25, 0.3) is 21.5 Å². The number of benzene rings is 3. The van der Waals surface area contributed by atoms with Gasteiger partial charge in [0.15, 0.2) is 6.10 Å². The minimum Gasteiger partial charge on any atom is -0.469 e. The molecule has 0 aliphatic carbocycles. The van der Waals surface area contributed by atoms with E-state index in [1.807, 2.05) is 18.2 Å². The molecule has 0 bridgehead atoms. The number of unbranched alkanes of at least 4 members (excludes halogenated alkanes) is 10. The lowest BCUT2D eigenvalue weighted by atomic mass is 9.99. The Hall–Kier alpha value is -2.92. The van der Waals surface area contributed by atoms with Crippen LogP contribution in [0.3, 0.4) is 0 Å². The molecule has 0 fully saturated rings. The standard InChI is InChI=1S/C36H50O5/c1-4-5-6-7-8-10-13-20-33(21-14-11-9-12-15-22-34(37)39-2)41-36(38)35(40-3)31-24-23-30-25-28-18-16-17-19-29(28)26-32(30)27-31/h16-19,23-27,33,35H,4-15,20-22H2,1-3H3. The largest absolute Gasteiger partial charge is 0.469 e. The summed E-state index contributed by atoms with van der Waals surface area (Å²) in [6.07, 6.45) is 15.1. The molecule has 0 aromatic heterocycles. The summed E-state index contributed by atoms with van der Waals surface area (Å²) in [6, 6.07) is 18.8. The van der Waals surface area contributed by atoms with Crippen molar-refractivity contribution >= 4 is 33.5 Å². The van der Waals surface area contributed by atoms with E-state index < -0.39 is 6.10 Å². The zero-order valence-corrected chi connectivity index (χ0v) is 25.5. The number of esters is 2. The predicted molar refractivity (Wildman–Crippen MR) is 168 cm³/mol. The Morgan fingerprint density at radius 1 is 0.659 bits per heavy atom. The number of methoxy groups -OCH3 is 2. The number of hydrogen-bond donors (Lipinski definition) is 0. The van der Waals surface area contributed by atoms with Crippen molar-refractivity contribution in [2.24, 2.45) is 0 Å². The molecule has 2 unspecified atom stereocenters. The molecule has 3 rings (SSSR count). The van der Waals surface area contributed by atoms with Crippen LogP contribution in [-0.2, 0) is 23.8 Å². The molecule has 0 radical (unpaired) electrons. The maximum Gasteiger partial charge on any atom is 0.340 e. The van der Waals surface area contributed by atoms with E-state index in [0.29, 0.717) is 6.42 Å². The highest BCUT2D eigenvalue weighted by Crippen LogP contribution is 2.28. The van der Waals surface area contributed by atoms with E-state index in [0.717, 1.165) is 67.7 Å². The Morgan fingerprint density at radius 2 is 1.22 bits per heavy atom. The topological polar surface area (TPSA) is 61.8 Å². The number of ether oxygens (including phenoxy) is 3. The van der Waals surface area contributed by atoms with E-state index in [1.165, 1.54) is 56.4 Å². The van der Waals surface area contributed by atoms with E-state index in [4.69, 9.17) is 14.2 Å². The lowest BCUT2D eigenvalue weighted by Gasteiger charge is -2.22. The highest BCUT2D eigenvalue weighted by atomic mass is 16.6. The third kappa shape index (κ3) is 11.1. The van der Waals surface area contributed by atoms with Crippen molar-refractivity contribution in [3.63, 3.8) is 0 Å². The van der Waals surface area contributed by atoms with Gasteiger partial charge in [-0.1, -0.05) is 101 Å². The zero-order chi connectivity index (χ0) is 29.3. The van der Waals surface area contributed by atoms with Gasteiger partial charge in [0.2, 0.25) is 0 Å². The Balaban J connectivity index is 1.58. The summed E-state index contributed by atoms with van der Waals surface area (Å²) in [7, 11) is 3.01. The van der Waals surface area contributed by atoms with Gasteiger partial charge in [-0.15, -0.1) is 0 Å². The van der Waals surface area contributed by atoms with Gasteiger partial charge >= 0.3 is 11.9 Å². The molecular weight excluding hydrogens is 512 g/mol. The summed E-state index contributed by atoms with van der Waals surface area (Å²) >= 11 is 0. The molecule has 41 heavy (non-hydrogen) atoms. The van der Waals surface area contributed by atoms with Crippen molar-refractivity contribution in [1.82, 2.24) is 0 Å². The SMILES string of the molecule is CCCCCCCCCC(CCCCCCCC(=O)OC)OC(=O)C(OC)c1ccc2cc3ccccc3cc2c1.